The Hall–Kier alpha value is -0.0800. The standard InChI is InChI=1S/C16H30N2/c1-12-5-3-6-16(13(12)2)18-10-4-9-17-15(11-18)14-7-8-14/h12-17H,3-11H2,1-2H3. The highest BCUT2D eigenvalue weighted by Gasteiger charge is 2.37. The Balaban J connectivity index is 1.65. The average Bonchev–Trinajstić information content (AvgIpc) is 3.16. The predicted octanol–water partition coefficient (Wildman–Crippen LogP) is 2.89. The Labute approximate surface area is 113 Å². The van der Waals surface area contributed by atoms with Gasteiger partial charge in [-0.25, -0.2) is 0 Å². The summed E-state index contributed by atoms with van der Waals surface area (Å²) in [5.41, 5.74) is 0. The minimum Gasteiger partial charge on any atom is -0.312 e. The average molecular weight is 250 g/mol. The number of rotatable bonds is 2. The van der Waals surface area contributed by atoms with E-state index in [0.717, 1.165) is 29.8 Å². The van der Waals surface area contributed by atoms with Crippen LogP contribution in [0.4, 0.5) is 0 Å². The summed E-state index contributed by atoms with van der Waals surface area (Å²) in [4.78, 5) is 2.85. The van der Waals surface area contributed by atoms with Gasteiger partial charge in [0.2, 0.25) is 0 Å². The summed E-state index contributed by atoms with van der Waals surface area (Å²) in [7, 11) is 0. The SMILES string of the molecule is CC1CCCC(N2CCCNC(C3CC3)C2)C1C. The van der Waals surface area contributed by atoms with Crippen LogP contribution in [0.1, 0.15) is 52.4 Å². The van der Waals surface area contributed by atoms with Crippen molar-refractivity contribution < 1.29 is 0 Å². The second kappa shape index (κ2) is 5.50. The molecule has 0 spiro atoms. The van der Waals surface area contributed by atoms with Gasteiger partial charge in [0.1, 0.15) is 0 Å². The highest BCUT2D eigenvalue weighted by atomic mass is 15.2. The van der Waals surface area contributed by atoms with Crippen LogP contribution in [0, 0.1) is 17.8 Å². The Morgan fingerprint density at radius 3 is 2.61 bits per heavy atom. The summed E-state index contributed by atoms with van der Waals surface area (Å²) in [6, 6.07) is 1.67. The van der Waals surface area contributed by atoms with Gasteiger partial charge >= 0.3 is 0 Å². The van der Waals surface area contributed by atoms with E-state index in [1.165, 1.54) is 58.2 Å². The molecule has 2 aliphatic carbocycles. The molecule has 0 aromatic heterocycles. The molecule has 0 aromatic carbocycles. The summed E-state index contributed by atoms with van der Waals surface area (Å²) >= 11 is 0. The molecule has 4 unspecified atom stereocenters. The fraction of sp³-hybridized carbons (Fsp3) is 1.00. The molecule has 1 aliphatic heterocycles. The predicted molar refractivity (Wildman–Crippen MR) is 76.7 cm³/mol. The molecule has 0 radical (unpaired) electrons. The maximum Gasteiger partial charge on any atom is 0.0223 e. The van der Waals surface area contributed by atoms with E-state index in [1.807, 2.05) is 0 Å². The maximum atomic E-state index is 3.80. The van der Waals surface area contributed by atoms with Gasteiger partial charge < -0.3 is 5.32 Å². The third-order valence-electron chi connectivity index (χ3n) is 5.78. The normalized spacial score (nSPS) is 43.7. The number of nitrogens with zero attached hydrogens (tertiary/aromatic N) is 1. The lowest BCUT2D eigenvalue weighted by molar-refractivity contribution is 0.0779. The van der Waals surface area contributed by atoms with Gasteiger partial charge in [0.15, 0.2) is 0 Å². The quantitative estimate of drug-likeness (QED) is 0.811. The zero-order valence-corrected chi connectivity index (χ0v) is 12.2. The van der Waals surface area contributed by atoms with Crippen LogP contribution >= 0.6 is 0 Å². The molecular formula is C16H30N2. The molecule has 18 heavy (non-hydrogen) atoms. The fourth-order valence-corrected chi connectivity index (χ4v) is 4.16. The Morgan fingerprint density at radius 2 is 1.83 bits per heavy atom. The van der Waals surface area contributed by atoms with Gasteiger partial charge in [-0.3, -0.25) is 4.90 Å². The maximum absolute atomic E-state index is 3.80. The molecule has 104 valence electrons. The lowest BCUT2D eigenvalue weighted by Gasteiger charge is -2.42. The number of nitrogens with one attached hydrogen (secondary N) is 1. The van der Waals surface area contributed by atoms with Crippen molar-refractivity contribution in [1.29, 1.82) is 0 Å². The molecule has 3 fully saturated rings. The molecule has 2 heteroatoms. The second-order valence-electron chi connectivity index (χ2n) is 7.08. The molecule has 0 bridgehead atoms. The van der Waals surface area contributed by atoms with E-state index in [9.17, 15) is 0 Å². The Kier molecular flexibility index (Phi) is 3.95. The van der Waals surface area contributed by atoms with E-state index in [1.54, 1.807) is 0 Å². The zero-order chi connectivity index (χ0) is 12.5. The molecule has 4 atom stereocenters. The van der Waals surface area contributed by atoms with Crippen molar-refractivity contribution in [3.05, 3.63) is 0 Å². The lowest BCUT2D eigenvalue weighted by Crippen LogP contribution is -2.48. The molecule has 1 saturated heterocycles. The first-order chi connectivity index (χ1) is 8.75. The van der Waals surface area contributed by atoms with Crippen molar-refractivity contribution >= 4 is 0 Å². The van der Waals surface area contributed by atoms with E-state index in [2.05, 4.69) is 24.1 Å². The van der Waals surface area contributed by atoms with E-state index in [-0.39, 0.29) is 0 Å². The van der Waals surface area contributed by atoms with Gasteiger partial charge in [-0.2, -0.15) is 0 Å². The number of hydrogen-bond donors (Lipinski definition) is 1. The first-order valence-corrected chi connectivity index (χ1v) is 8.23. The Bertz CT molecular complexity index is 274. The Morgan fingerprint density at radius 1 is 1.00 bits per heavy atom. The van der Waals surface area contributed by atoms with Crippen LogP contribution in [0.5, 0.6) is 0 Å². The monoisotopic (exact) mass is 250 g/mol. The highest BCUT2D eigenvalue weighted by molar-refractivity contribution is 4.93. The summed E-state index contributed by atoms with van der Waals surface area (Å²) in [5.74, 6) is 2.83. The van der Waals surface area contributed by atoms with Gasteiger partial charge in [-0.1, -0.05) is 26.7 Å². The molecule has 0 aromatic rings. The van der Waals surface area contributed by atoms with Crippen LogP contribution < -0.4 is 5.32 Å². The summed E-state index contributed by atoms with van der Waals surface area (Å²) in [6.07, 6.45) is 8.65. The molecule has 1 heterocycles. The first kappa shape index (κ1) is 12.9. The van der Waals surface area contributed by atoms with Crippen molar-refractivity contribution in [2.75, 3.05) is 19.6 Å². The lowest BCUT2D eigenvalue weighted by atomic mass is 9.77. The second-order valence-corrected chi connectivity index (χ2v) is 7.08. The first-order valence-electron chi connectivity index (χ1n) is 8.23. The highest BCUT2D eigenvalue weighted by Crippen LogP contribution is 2.36. The van der Waals surface area contributed by atoms with Crippen LogP contribution in [0.3, 0.4) is 0 Å². The van der Waals surface area contributed by atoms with Crippen molar-refractivity contribution in [2.45, 2.75) is 64.5 Å². The van der Waals surface area contributed by atoms with Crippen molar-refractivity contribution in [2.24, 2.45) is 17.8 Å². The van der Waals surface area contributed by atoms with Crippen molar-refractivity contribution in [3.63, 3.8) is 0 Å². The third-order valence-corrected chi connectivity index (χ3v) is 5.78. The summed E-state index contributed by atoms with van der Waals surface area (Å²) in [5, 5.41) is 3.80. The zero-order valence-electron chi connectivity index (χ0n) is 12.2. The minimum atomic E-state index is 0.803. The van der Waals surface area contributed by atoms with Gasteiger partial charge in [0.25, 0.3) is 0 Å². The van der Waals surface area contributed by atoms with Crippen molar-refractivity contribution in [3.8, 4) is 0 Å². The molecular weight excluding hydrogens is 220 g/mol. The van der Waals surface area contributed by atoms with Gasteiger partial charge in [-0.15, -0.1) is 0 Å². The van der Waals surface area contributed by atoms with Crippen molar-refractivity contribution in [1.82, 2.24) is 10.2 Å². The largest absolute Gasteiger partial charge is 0.312 e. The van der Waals surface area contributed by atoms with E-state index >= 15 is 0 Å². The number of hydrogen-bond acceptors (Lipinski definition) is 2. The minimum absolute atomic E-state index is 0.803. The molecule has 1 N–H and O–H groups in total. The molecule has 2 saturated carbocycles. The van der Waals surface area contributed by atoms with Gasteiger partial charge in [0.05, 0.1) is 0 Å². The van der Waals surface area contributed by atoms with Gasteiger partial charge in [-0.05, 0) is 56.5 Å². The topological polar surface area (TPSA) is 15.3 Å². The summed E-state index contributed by atoms with van der Waals surface area (Å²) < 4.78 is 0. The molecule has 3 rings (SSSR count). The van der Waals surface area contributed by atoms with Crippen LogP contribution in [0.25, 0.3) is 0 Å². The van der Waals surface area contributed by atoms with Crippen LogP contribution in [-0.4, -0.2) is 36.6 Å². The van der Waals surface area contributed by atoms with E-state index < -0.39 is 0 Å². The van der Waals surface area contributed by atoms with Crippen LogP contribution in [0.15, 0.2) is 0 Å². The summed E-state index contributed by atoms with van der Waals surface area (Å²) in [6.45, 7) is 8.86. The van der Waals surface area contributed by atoms with Gasteiger partial charge in [0, 0.05) is 18.6 Å². The smallest absolute Gasteiger partial charge is 0.0223 e. The van der Waals surface area contributed by atoms with Crippen LogP contribution in [0.2, 0.25) is 0 Å². The fourth-order valence-electron chi connectivity index (χ4n) is 4.16. The molecule has 2 nitrogen and oxygen atoms in total. The van der Waals surface area contributed by atoms with Crippen LogP contribution in [-0.2, 0) is 0 Å². The molecule has 0 amide bonds. The van der Waals surface area contributed by atoms with E-state index in [4.69, 9.17) is 0 Å². The van der Waals surface area contributed by atoms with E-state index in [0.29, 0.717) is 0 Å². The molecule has 3 aliphatic rings. The third kappa shape index (κ3) is 2.75.